The maximum absolute atomic E-state index is 13.9. The van der Waals surface area contributed by atoms with Crippen LogP contribution in [-0.2, 0) is 4.74 Å². The Kier molecular flexibility index (Phi) is 4.26. The number of ether oxygens (including phenoxy) is 1. The SMILES string of the molecule is NCCNc1nc(N)c2ncn([C@@H]3O[C@H](CO)C(F)[C@H]3O)c2n1. The second-order valence-corrected chi connectivity index (χ2v) is 5.15. The van der Waals surface area contributed by atoms with Crippen molar-refractivity contribution in [2.75, 3.05) is 30.7 Å². The van der Waals surface area contributed by atoms with E-state index in [9.17, 15) is 9.50 Å². The molecular formula is C12H18FN7O3. The molecule has 0 radical (unpaired) electrons. The first-order valence-electron chi connectivity index (χ1n) is 7.09. The minimum atomic E-state index is -1.71. The van der Waals surface area contributed by atoms with Gasteiger partial charge in [-0.25, -0.2) is 9.37 Å². The van der Waals surface area contributed by atoms with Crippen LogP contribution in [0.1, 0.15) is 6.23 Å². The number of anilines is 2. The van der Waals surface area contributed by atoms with Crippen LogP contribution in [-0.4, -0.2) is 67.8 Å². The molecule has 3 heterocycles. The van der Waals surface area contributed by atoms with E-state index in [0.717, 1.165) is 0 Å². The predicted octanol–water partition coefficient (Wildman–Crippen LogP) is -1.63. The summed E-state index contributed by atoms with van der Waals surface area (Å²) in [5.41, 5.74) is 11.8. The lowest BCUT2D eigenvalue weighted by Crippen LogP contribution is -2.29. The third-order valence-corrected chi connectivity index (χ3v) is 3.62. The summed E-state index contributed by atoms with van der Waals surface area (Å²) in [4.78, 5) is 12.4. The van der Waals surface area contributed by atoms with Gasteiger partial charge >= 0.3 is 0 Å². The molecule has 1 fully saturated rings. The van der Waals surface area contributed by atoms with Crippen LogP contribution in [0.5, 0.6) is 0 Å². The number of imidazole rings is 1. The normalized spacial score (nSPS) is 27.7. The van der Waals surface area contributed by atoms with Gasteiger partial charge in [-0.1, -0.05) is 0 Å². The van der Waals surface area contributed by atoms with Crippen LogP contribution in [0, 0.1) is 0 Å². The lowest BCUT2D eigenvalue weighted by Gasteiger charge is -2.16. The van der Waals surface area contributed by atoms with Gasteiger partial charge in [0.2, 0.25) is 5.95 Å². The number of nitrogens with zero attached hydrogens (tertiary/aromatic N) is 4. The van der Waals surface area contributed by atoms with E-state index < -0.39 is 31.2 Å². The number of hydrogen-bond donors (Lipinski definition) is 5. The zero-order valence-electron chi connectivity index (χ0n) is 12.1. The monoisotopic (exact) mass is 327 g/mol. The predicted molar refractivity (Wildman–Crippen MR) is 79.2 cm³/mol. The minimum absolute atomic E-state index is 0.135. The molecule has 0 aromatic carbocycles. The van der Waals surface area contributed by atoms with Gasteiger partial charge in [-0.3, -0.25) is 4.57 Å². The fourth-order valence-corrected chi connectivity index (χ4v) is 2.47. The highest BCUT2D eigenvalue weighted by atomic mass is 19.1. The Balaban J connectivity index is 1.99. The van der Waals surface area contributed by atoms with Crippen molar-refractivity contribution in [1.29, 1.82) is 0 Å². The average Bonchev–Trinajstić information content (AvgIpc) is 3.08. The fourth-order valence-electron chi connectivity index (χ4n) is 2.47. The fraction of sp³-hybridized carbons (Fsp3) is 0.583. The number of hydrogen-bond acceptors (Lipinski definition) is 9. The Bertz CT molecular complexity index is 697. The molecule has 126 valence electrons. The molecule has 2 aromatic rings. The highest BCUT2D eigenvalue weighted by Gasteiger charge is 2.45. The zero-order valence-corrected chi connectivity index (χ0v) is 12.1. The molecule has 1 saturated heterocycles. The zero-order chi connectivity index (χ0) is 16.6. The van der Waals surface area contributed by atoms with Gasteiger partial charge in [-0.15, -0.1) is 0 Å². The van der Waals surface area contributed by atoms with E-state index in [0.29, 0.717) is 18.6 Å². The summed E-state index contributed by atoms with van der Waals surface area (Å²) in [6, 6.07) is 0. The molecule has 2 aromatic heterocycles. The Morgan fingerprint density at radius 3 is 2.87 bits per heavy atom. The summed E-state index contributed by atoms with van der Waals surface area (Å²) in [6.07, 6.45) is -4.01. The van der Waals surface area contributed by atoms with E-state index in [4.69, 9.17) is 21.3 Å². The van der Waals surface area contributed by atoms with E-state index in [-0.39, 0.29) is 17.4 Å². The Hall–Kier alpha value is -2.08. The number of aliphatic hydroxyl groups is 2. The van der Waals surface area contributed by atoms with Crippen molar-refractivity contribution in [1.82, 2.24) is 19.5 Å². The van der Waals surface area contributed by atoms with Crippen molar-refractivity contribution < 1.29 is 19.3 Å². The molecular weight excluding hydrogens is 309 g/mol. The van der Waals surface area contributed by atoms with Crippen molar-refractivity contribution in [3.05, 3.63) is 6.33 Å². The van der Waals surface area contributed by atoms with E-state index in [2.05, 4.69) is 20.3 Å². The molecule has 0 saturated carbocycles. The van der Waals surface area contributed by atoms with Crippen LogP contribution in [0.2, 0.25) is 0 Å². The first kappa shape index (κ1) is 15.8. The first-order valence-corrected chi connectivity index (χ1v) is 7.09. The van der Waals surface area contributed by atoms with E-state index >= 15 is 0 Å². The van der Waals surface area contributed by atoms with E-state index in [1.807, 2.05) is 0 Å². The molecule has 10 nitrogen and oxygen atoms in total. The maximum Gasteiger partial charge on any atom is 0.226 e. The Morgan fingerprint density at radius 2 is 2.22 bits per heavy atom. The number of rotatable bonds is 5. The quantitative estimate of drug-likeness (QED) is 0.434. The van der Waals surface area contributed by atoms with Gasteiger partial charge in [0.1, 0.15) is 17.7 Å². The summed E-state index contributed by atoms with van der Waals surface area (Å²) in [7, 11) is 0. The molecule has 1 unspecified atom stereocenters. The van der Waals surface area contributed by atoms with Gasteiger partial charge in [0.25, 0.3) is 0 Å². The molecule has 0 amide bonds. The molecule has 0 aliphatic carbocycles. The third-order valence-electron chi connectivity index (χ3n) is 3.62. The largest absolute Gasteiger partial charge is 0.394 e. The van der Waals surface area contributed by atoms with Crippen LogP contribution >= 0.6 is 0 Å². The molecule has 23 heavy (non-hydrogen) atoms. The second-order valence-electron chi connectivity index (χ2n) is 5.15. The minimum Gasteiger partial charge on any atom is -0.394 e. The molecule has 0 bridgehead atoms. The summed E-state index contributed by atoms with van der Waals surface area (Å²) in [6.45, 7) is 0.287. The number of nitrogen functional groups attached to an aromatic ring is 1. The van der Waals surface area contributed by atoms with Crippen molar-refractivity contribution in [2.24, 2.45) is 5.73 Å². The number of aromatic nitrogens is 4. The van der Waals surface area contributed by atoms with Gasteiger partial charge in [0, 0.05) is 13.1 Å². The van der Waals surface area contributed by atoms with Crippen LogP contribution in [0.3, 0.4) is 0 Å². The number of aliphatic hydroxyl groups excluding tert-OH is 2. The van der Waals surface area contributed by atoms with Gasteiger partial charge in [-0.05, 0) is 0 Å². The number of nitrogens with one attached hydrogen (secondary N) is 1. The molecule has 3 rings (SSSR count). The number of alkyl halides is 1. The van der Waals surface area contributed by atoms with Crippen molar-refractivity contribution in [3.8, 4) is 0 Å². The smallest absolute Gasteiger partial charge is 0.226 e. The highest BCUT2D eigenvalue weighted by Crippen LogP contribution is 2.33. The lowest BCUT2D eigenvalue weighted by atomic mass is 10.1. The van der Waals surface area contributed by atoms with Crippen LogP contribution in [0.25, 0.3) is 11.2 Å². The van der Waals surface area contributed by atoms with Crippen LogP contribution in [0.4, 0.5) is 16.2 Å². The second kappa shape index (κ2) is 6.20. The van der Waals surface area contributed by atoms with Gasteiger partial charge in [0.05, 0.1) is 12.9 Å². The summed E-state index contributed by atoms with van der Waals surface area (Å²) >= 11 is 0. The number of halogens is 1. The molecule has 7 N–H and O–H groups in total. The van der Waals surface area contributed by atoms with E-state index in [1.54, 1.807) is 0 Å². The van der Waals surface area contributed by atoms with Gasteiger partial charge in [0.15, 0.2) is 23.9 Å². The number of fused-ring (bicyclic) bond motifs is 1. The molecule has 4 atom stereocenters. The molecule has 1 aliphatic heterocycles. The summed E-state index contributed by atoms with van der Waals surface area (Å²) in [5, 5.41) is 22.0. The topological polar surface area (TPSA) is 157 Å². The average molecular weight is 327 g/mol. The summed E-state index contributed by atoms with van der Waals surface area (Å²) < 4.78 is 20.6. The first-order chi connectivity index (χ1) is 11.1. The summed E-state index contributed by atoms with van der Waals surface area (Å²) in [5.74, 6) is 0.376. The third kappa shape index (κ3) is 2.67. The molecule has 11 heteroatoms. The Morgan fingerprint density at radius 1 is 1.43 bits per heavy atom. The maximum atomic E-state index is 13.9. The molecule has 1 aliphatic rings. The molecule has 0 spiro atoms. The van der Waals surface area contributed by atoms with Crippen LogP contribution in [0.15, 0.2) is 6.33 Å². The van der Waals surface area contributed by atoms with Crippen molar-refractivity contribution in [2.45, 2.75) is 24.6 Å². The lowest BCUT2D eigenvalue weighted by molar-refractivity contribution is -0.0495. The number of nitrogens with two attached hydrogens (primary N) is 2. The van der Waals surface area contributed by atoms with Gasteiger partial charge < -0.3 is 31.7 Å². The van der Waals surface area contributed by atoms with Crippen molar-refractivity contribution >= 4 is 22.9 Å². The van der Waals surface area contributed by atoms with Crippen molar-refractivity contribution in [3.63, 3.8) is 0 Å². The highest BCUT2D eigenvalue weighted by molar-refractivity contribution is 5.82. The standard InChI is InChI=1S/C12H18FN7O3/c13-6-5(3-21)23-11(8(6)22)20-4-17-7-9(15)18-12(16-2-1-14)19-10(7)20/h4-6,8,11,21-22H,1-3,14H2,(H3,15,16,18,19)/t5-,6?,8-,11-/m1/s1. The van der Waals surface area contributed by atoms with Crippen LogP contribution < -0.4 is 16.8 Å². The Labute approximate surface area is 130 Å². The van der Waals surface area contributed by atoms with Gasteiger partial charge in [-0.2, -0.15) is 9.97 Å². The van der Waals surface area contributed by atoms with E-state index in [1.165, 1.54) is 10.9 Å².